The van der Waals surface area contributed by atoms with Crippen LogP contribution >= 0.6 is 0 Å². The van der Waals surface area contributed by atoms with Crippen molar-refractivity contribution in [1.29, 1.82) is 0 Å². The van der Waals surface area contributed by atoms with Crippen LogP contribution in [0, 0.1) is 0 Å². The Morgan fingerprint density at radius 2 is 1.68 bits per heavy atom. The molecule has 0 N–H and O–H groups in total. The van der Waals surface area contributed by atoms with Crippen LogP contribution in [0.5, 0.6) is 5.75 Å². The highest BCUT2D eigenvalue weighted by Crippen LogP contribution is 2.19. The second-order valence-electron chi connectivity index (χ2n) is 3.34. The van der Waals surface area contributed by atoms with Crippen LogP contribution in [0.4, 0.5) is 4.79 Å². The Hall–Kier alpha value is -2.56. The van der Waals surface area contributed by atoms with E-state index in [1.165, 1.54) is 24.3 Å². The Labute approximate surface area is 111 Å². The minimum Gasteiger partial charge on any atom is -0.458 e. The molecule has 0 fully saturated rings. The van der Waals surface area contributed by atoms with Crippen LogP contribution in [0.2, 0.25) is 0 Å². The summed E-state index contributed by atoms with van der Waals surface area (Å²) in [6.07, 6.45) is 1.94. The summed E-state index contributed by atoms with van der Waals surface area (Å²) in [5.41, 5.74) is 0.139. The van der Waals surface area contributed by atoms with Crippen molar-refractivity contribution in [1.82, 2.24) is 0 Å². The minimum atomic E-state index is -0.913. The van der Waals surface area contributed by atoms with Crippen LogP contribution in [0.1, 0.15) is 10.4 Å². The lowest BCUT2D eigenvalue weighted by atomic mass is 10.2. The Morgan fingerprint density at radius 3 is 2.37 bits per heavy atom. The number of carbonyl (C=O) groups is 2. The van der Waals surface area contributed by atoms with Gasteiger partial charge in [0.05, 0.1) is 0 Å². The predicted octanol–water partition coefficient (Wildman–Crippen LogP) is 2.73. The van der Waals surface area contributed by atoms with E-state index in [1.807, 2.05) is 0 Å². The van der Waals surface area contributed by atoms with Gasteiger partial charge in [-0.3, -0.25) is 0 Å². The fourth-order valence-corrected chi connectivity index (χ4v) is 1.18. The number of para-hydroxylation sites is 1. The Balaban J connectivity index is 2.77. The number of ether oxygens (including phenoxy) is 3. The van der Waals surface area contributed by atoms with Crippen molar-refractivity contribution in [3.63, 3.8) is 0 Å². The van der Waals surface area contributed by atoms with E-state index in [1.54, 1.807) is 12.1 Å². The minimum absolute atomic E-state index is 0.0297. The highest BCUT2D eigenvalue weighted by Gasteiger charge is 2.16. The first kappa shape index (κ1) is 14.5. The molecule has 0 saturated heterocycles. The maximum atomic E-state index is 11.7. The highest BCUT2D eigenvalue weighted by atomic mass is 16.7. The summed E-state index contributed by atoms with van der Waals surface area (Å²) in [5, 5.41) is 0. The van der Waals surface area contributed by atoms with E-state index in [0.29, 0.717) is 0 Å². The molecule has 0 aliphatic heterocycles. The fourth-order valence-electron chi connectivity index (χ4n) is 1.18. The average Bonchev–Trinajstić information content (AvgIpc) is 2.43. The molecule has 0 amide bonds. The molecular weight excluding hydrogens is 248 g/mol. The summed E-state index contributed by atoms with van der Waals surface area (Å²) in [4.78, 5) is 23.0. The van der Waals surface area contributed by atoms with Gasteiger partial charge in [-0.1, -0.05) is 37.4 Å². The third-order valence-corrected chi connectivity index (χ3v) is 1.95. The van der Waals surface area contributed by atoms with Crippen molar-refractivity contribution < 1.29 is 23.8 Å². The lowest BCUT2D eigenvalue weighted by Gasteiger charge is -2.08. The zero-order valence-electron chi connectivity index (χ0n) is 10.3. The van der Waals surface area contributed by atoms with Gasteiger partial charge < -0.3 is 14.2 Å². The smallest absolute Gasteiger partial charge is 0.458 e. The van der Waals surface area contributed by atoms with E-state index < -0.39 is 12.1 Å². The van der Waals surface area contributed by atoms with Crippen LogP contribution in [-0.2, 0) is 9.47 Å². The van der Waals surface area contributed by atoms with Gasteiger partial charge in [-0.2, -0.15) is 0 Å². The van der Waals surface area contributed by atoms with Crippen molar-refractivity contribution in [3.8, 4) is 5.75 Å². The molecule has 0 aromatic heterocycles. The summed E-state index contributed by atoms with van der Waals surface area (Å²) in [7, 11) is 0. The Morgan fingerprint density at radius 1 is 1.05 bits per heavy atom. The lowest BCUT2D eigenvalue weighted by molar-refractivity contribution is 0.0544. The first-order valence-electron chi connectivity index (χ1n) is 5.51. The van der Waals surface area contributed by atoms with Gasteiger partial charge in [0.15, 0.2) is 0 Å². The summed E-state index contributed by atoms with van der Waals surface area (Å²) < 4.78 is 14.5. The van der Waals surface area contributed by atoms with Gasteiger partial charge in [0.1, 0.15) is 24.5 Å². The first-order chi connectivity index (χ1) is 9.19. The molecule has 19 heavy (non-hydrogen) atoms. The summed E-state index contributed by atoms with van der Waals surface area (Å²) >= 11 is 0. The van der Waals surface area contributed by atoms with E-state index in [-0.39, 0.29) is 24.5 Å². The van der Waals surface area contributed by atoms with Crippen molar-refractivity contribution in [3.05, 3.63) is 55.1 Å². The molecule has 0 heterocycles. The molecule has 1 aromatic carbocycles. The molecule has 0 unspecified atom stereocenters. The van der Waals surface area contributed by atoms with E-state index in [0.717, 1.165) is 0 Å². The number of rotatable bonds is 6. The number of carbonyl (C=O) groups excluding carboxylic acids is 2. The van der Waals surface area contributed by atoms with Gasteiger partial charge in [-0.25, -0.2) is 9.59 Å². The number of hydrogen-bond acceptors (Lipinski definition) is 5. The zero-order valence-corrected chi connectivity index (χ0v) is 10.3. The van der Waals surface area contributed by atoms with E-state index in [9.17, 15) is 9.59 Å². The number of esters is 1. The lowest BCUT2D eigenvalue weighted by Crippen LogP contribution is -2.14. The predicted molar refractivity (Wildman–Crippen MR) is 69.1 cm³/mol. The molecule has 1 aromatic rings. The maximum Gasteiger partial charge on any atom is 0.514 e. The average molecular weight is 262 g/mol. The van der Waals surface area contributed by atoms with Crippen molar-refractivity contribution in [2.24, 2.45) is 0 Å². The van der Waals surface area contributed by atoms with Crippen LogP contribution in [-0.4, -0.2) is 25.3 Å². The van der Waals surface area contributed by atoms with Gasteiger partial charge in [0.2, 0.25) is 0 Å². The molecule has 0 spiro atoms. The largest absolute Gasteiger partial charge is 0.514 e. The maximum absolute atomic E-state index is 11.7. The van der Waals surface area contributed by atoms with Gasteiger partial charge >= 0.3 is 12.1 Å². The third kappa shape index (κ3) is 4.67. The van der Waals surface area contributed by atoms with E-state index >= 15 is 0 Å². The Bertz CT molecular complexity index is 478. The van der Waals surface area contributed by atoms with Gasteiger partial charge in [-0.05, 0) is 12.1 Å². The topological polar surface area (TPSA) is 61.8 Å². The Kier molecular flexibility index (Phi) is 5.88. The summed E-state index contributed by atoms with van der Waals surface area (Å²) in [6.45, 7) is 6.95. The van der Waals surface area contributed by atoms with Gasteiger partial charge in [-0.15, -0.1) is 0 Å². The fraction of sp³-hybridized carbons (Fsp3) is 0.143. The van der Waals surface area contributed by atoms with E-state index in [4.69, 9.17) is 9.47 Å². The monoisotopic (exact) mass is 262 g/mol. The van der Waals surface area contributed by atoms with Gasteiger partial charge in [0, 0.05) is 0 Å². The molecule has 0 radical (unpaired) electrons. The summed E-state index contributed by atoms with van der Waals surface area (Å²) in [5.74, 6) is -0.530. The zero-order chi connectivity index (χ0) is 14.1. The van der Waals surface area contributed by atoms with Crippen molar-refractivity contribution in [2.45, 2.75) is 0 Å². The quantitative estimate of drug-likeness (QED) is 0.448. The van der Waals surface area contributed by atoms with E-state index in [2.05, 4.69) is 17.9 Å². The van der Waals surface area contributed by atoms with Crippen molar-refractivity contribution in [2.75, 3.05) is 13.2 Å². The van der Waals surface area contributed by atoms with Crippen LogP contribution < -0.4 is 4.74 Å². The molecule has 100 valence electrons. The molecule has 0 aliphatic rings. The summed E-state index contributed by atoms with van der Waals surface area (Å²) in [6, 6.07) is 6.22. The standard InChI is InChI=1S/C14H14O5/c1-3-9-17-13(15)11-7-5-6-8-12(11)19-14(16)18-10-4-2/h3-8H,1-2,9-10H2. The second kappa shape index (κ2) is 7.71. The number of hydrogen-bond donors (Lipinski definition) is 0. The molecular formula is C14H14O5. The molecule has 5 heteroatoms. The normalized spacial score (nSPS) is 9.26. The van der Waals surface area contributed by atoms with Gasteiger partial charge in [0.25, 0.3) is 0 Å². The molecule has 0 atom stereocenters. The first-order valence-corrected chi connectivity index (χ1v) is 5.51. The highest BCUT2D eigenvalue weighted by molar-refractivity contribution is 5.93. The molecule has 5 nitrogen and oxygen atoms in total. The third-order valence-electron chi connectivity index (χ3n) is 1.95. The molecule has 0 bridgehead atoms. The second-order valence-corrected chi connectivity index (χ2v) is 3.34. The number of benzene rings is 1. The van der Waals surface area contributed by atoms with Crippen LogP contribution in [0.15, 0.2) is 49.6 Å². The van der Waals surface area contributed by atoms with Crippen LogP contribution in [0.3, 0.4) is 0 Å². The SMILES string of the molecule is C=CCOC(=O)Oc1ccccc1C(=O)OCC=C. The molecule has 0 saturated carbocycles. The molecule has 0 aliphatic carbocycles. The van der Waals surface area contributed by atoms with Crippen molar-refractivity contribution >= 4 is 12.1 Å². The molecule has 1 rings (SSSR count). The van der Waals surface area contributed by atoms with Crippen LogP contribution in [0.25, 0.3) is 0 Å².